The molecule has 0 fully saturated rings. The maximum absolute atomic E-state index is 4.72. The normalized spacial score (nSPS) is 18.3. The molecular formula is C15H24N6S. The van der Waals surface area contributed by atoms with Crippen LogP contribution in [0.3, 0.4) is 0 Å². The molecule has 0 bridgehead atoms. The molecule has 1 unspecified atom stereocenters. The molecule has 0 aliphatic carbocycles. The molecule has 0 N–H and O–H groups in total. The minimum atomic E-state index is 0.189. The Morgan fingerprint density at radius 2 is 1.95 bits per heavy atom. The van der Waals surface area contributed by atoms with E-state index >= 15 is 0 Å². The van der Waals surface area contributed by atoms with Gasteiger partial charge in [0.05, 0.1) is 6.04 Å². The van der Waals surface area contributed by atoms with Crippen molar-refractivity contribution in [3.05, 3.63) is 17.5 Å². The van der Waals surface area contributed by atoms with E-state index in [1.807, 2.05) is 0 Å². The fraction of sp³-hybridized carbons (Fsp3) is 0.733. The molecule has 7 heteroatoms. The van der Waals surface area contributed by atoms with Gasteiger partial charge in [-0.2, -0.15) is 4.37 Å². The average Bonchev–Trinajstić information content (AvgIpc) is 3.05. The summed E-state index contributed by atoms with van der Waals surface area (Å²) in [5, 5.41) is 9.79. The van der Waals surface area contributed by atoms with Crippen LogP contribution in [-0.2, 0) is 13.0 Å². The molecule has 0 spiro atoms. The summed E-state index contributed by atoms with van der Waals surface area (Å²) in [5.74, 6) is 4.06. The monoisotopic (exact) mass is 320 g/mol. The van der Waals surface area contributed by atoms with Crippen molar-refractivity contribution in [2.75, 3.05) is 11.4 Å². The SMILES string of the molecule is CC(C)Cc1nsc(N2CCn3c(C(C)C)nnc3C2C)n1. The van der Waals surface area contributed by atoms with Gasteiger partial charge < -0.3 is 9.47 Å². The van der Waals surface area contributed by atoms with Crippen LogP contribution in [0.5, 0.6) is 0 Å². The van der Waals surface area contributed by atoms with Crippen LogP contribution in [-0.4, -0.2) is 30.7 Å². The summed E-state index contributed by atoms with van der Waals surface area (Å²) in [6, 6.07) is 0.189. The number of nitrogens with zero attached hydrogens (tertiary/aromatic N) is 6. The van der Waals surface area contributed by atoms with Crippen LogP contribution < -0.4 is 4.90 Å². The molecule has 1 aliphatic heterocycles. The van der Waals surface area contributed by atoms with Crippen molar-refractivity contribution in [2.45, 2.75) is 59.5 Å². The predicted molar refractivity (Wildman–Crippen MR) is 88.3 cm³/mol. The quantitative estimate of drug-likeness (QED) is 0.866. The molecule has 0 radical (unpaired) electrons. The summed E-state index contributed by atoms with van der Waals surface area (Å²) in [6.07, 6.45) is 0.937. The molecule has 1 atom stereocenters. The van der Waals surface area contributed by atoms with Gasteiger partial charge in [0.25, 0.3) is 0 Å². The van der Waals surface area contributed by atoms with Crippen LogP contribution >= 0.6 is 11.5 Å². The first-order valence-electron chi connectivity index (χ1n) is 7.99. The van der Waals surface area contributed by atoms with Gasteiger partial charge >= 0.3 is 0 Å². The van der Waals surface area contributed by atoms with Gasteiger partial charge in [0.15, 0.2) is 5.82 Å². The molecule has 2 aromatic rings. The van der Waals surface area contributed by atoms with Crippen LogP contribution in [0, 0.1) is 5.92 Å². The van der Waals surface area contributed by atoms with Crippen LogP contribution in [0.1, 0.15) is 64.1 Å². The maximum atomic E-state index is 4.72. The van der Waals surface area contributed by atoms with E-state index in [1.165, 1.54) is 11.5 Å². The van der Waals surface area contributed by atoms with Gasteiger partial charge in [-0.05, 0) is 12.8 Å². The van der Waals surface area contributed by atoms with E-state index in [2.05, 4.69) is 58.7 Å². The summed E-state index contributed by atoms with van der Waals surface area (Å²) < 4.78 is 6.77. The fourth-order valence-corrected chi connectivity index (χ4v) is 3.71. The third-order valence-electron chi connectivity index (χ3n) is 4.02. The van der Waals surface area contributed by atoms with E-state index in [-0.39, 0.29) is 6.04 Å². The highest BCUT2D eigenvalue weighted by atomic mass is 32.1. The summed E-state index contributed by atoms with van der Waals surface area (Å²) in [5.41, 5.74) is 0. The first kappa shape index (κ1) is 15.4. The smallest absolute Gasteiger partial charge is 0.205 e. The van der Waals surface area contributed by atoms with Crippen molar-refractivity contribution in [3.63, 3.8) is 0 Å². The van der Waals surface area contributed by atoms with Crippen molar-refractivity contribution in [1.82, 2.24) is 24.1 Å². The van der Waals surface area contributed by atoms with Gasteiger partial charge in [0.2, 0.25) is 5.13 Å². The number of rotatable bonds is 4. The Labute approximate surface area is 135 Å². The van der Waals surface area contributed by atoms with Crippen molar-refractivity contribution in [2.24, 2.45) is 5.92 Å². The Morgan fingerprint density at radius 3 is 2.64 bits per heavy atom. The van der Waals surface area contributed by atoms with Gasteiger partial charge in [-0.25, -0.2) is 4.98 Å². The molecule has 1 aliphatic rings. The van der Waals surface area contributed by atoms with Crippen LogP contribution in [0.4, 0.5) is 5.13 Å². The molecule has 0 amide bonds. The molecule has 2 aromatic heterocycles. The second kappa shape index (κ2) is 5.95. The third-order valence-corrected chi connectivity index (χ3v) is 4.82. The Bertz CT molecular complexity index is 644. The van der Waals surface area contributed by atoms with Gasteiger partial charge in [0, 0.05) is 37.0 Å². The van der Waals surface area contributed by atoms with E-state index in [1.54, 1.807) is 0 Å². The van der Waals surface area contributed by atoms with Gasteiger partial charge in [-0.1, -0.05) is 27.7 Å². The van der Waals surface area contributed by atoms with Crippen molar-refractivity contribution in [3.8, 4) is 0 Å². The Morgan fingerprint density at radius 1 is 1.18 bits per heavy atom. The highest BCUT2D eigenvalue weighted by Gasteiger charge is 2.30. The summed E-state index contributed by atoms with van der Waals surface area (Å²) in [6.45, 7) is 12.7. The molecule has 0 saturated heterocycles. The maximum Gasteiger partial charge on any atom is 0.205 e. The first-order valence-corrected chi connectivity index (χ1v) is 8.77. The summed E-state index contributed by atoms with van der Waals surface area (Å²) in [7, 11) is 0. The predicted octanol–water partition coefficient (Wildman–Crippen LogP) is 3.03. The van der Waals surface area contributed by atoms with E-state index in [0.717, 1.165) is 42.1 Å². The molecule has 0 saturated carbocycles. The molecular weight excluding hydrogens is 296 g/mol. The average molecular weight is 320 g/mol. The minimum absolute atomic E-state index is 0.189. The van der Waals surface area contributed by atoms with Crippen molar-refractivity contribution in [1.29, 1.82) is 0 Å². The first-order chi connectivity index (χ1) is 10.5. The Hall–Kier alpha value is -1.50. The van der Waals surface area contributed by atoms with Gasteiger partial charge in [-0.3, -0.25) is 0 Å². The third kappa shape index (κ3) is 2.74. The van der Waals surface area contributed by atoms with E-state index < -0.39 is 0 Å². The van der Waals surface area contributed by atoms with E-state index in [9.17, 15) is 0 Å². The van der Waals surface area contributed by atoms with Crippen molar-refractivity contribution < 1.29 is 0 Å². The van der Waals surface area contributed by atoms with Crippen LogP contribution in [0.25, 0.3) is 0 Å². The largest absolute Gasteiger partial charge is 0.335 e. The fourth-order valence-electron chi connectivity index (χ4n) is 2.90. The van der Waals surface area contributed by atoms with Crippen LogP contribution in [0.2, 0.25) is 0 Å². The molecule has 3 heterocycles. The number of aromatic nitrogens is 5. The zero-order valence-corrected chi connectivity index (χ0v) is 14.8. The number of hydrogen-bond donors (Lipinski definition) is 0. The highest BCUT2D eigenvalue weighted by Crippen LogP contribution is 2.32. The zero-order chi connectivity index (χ0) is 15.9. The number of hydrogen-bond acceptors (Lipinski definition) is 6. The van der Waals surface area contributed by atoms with Crippen LogP contribution in [0.15, 0.2) is 0 Å². The molecule has 3 rings (SSSR count). The van der Waals surface area contributed by atoms with E-state index in [0.29, 0.717) is 11.8 Å². The molecule has 0 aromatic carbocycles. The molecule has 120 valence electrons. The second-order valence-electron chi connectivity index (χ2n) is 6.68. The molecule has 6 nitrogen and oxygen atoms in total. The lowest BCUT2D eigenvalue weighted by molar-refractivity contribution is 0.479. The summed E-state index contributed by atoms with van der Waals surface area (Å²) >= 11 is 1.50. The number of fused-ring (bicyclic) bond motifs is 1. The summed E-state index contributed by atoms with van der Waals surface area (Å²) in [4.78, 5) is 7.02. The standard InChI is InChI=1S/C15H24N6S/c1-9(2)8-12-16-15(22-19-12)20-6-7-21-13(10(3)4)17-18-14(21)11(20)5/h9-11H,6-8H2,1-5H3. The lowest BCUT2D eigenvalue weighted by atomic mass is 10.1. The second-order valence-corrected chi connectivity index (χ2v) is 7.41. The Balaban J connectivity index is 1.83. The lowest BCUT2D eigenvalue weighted by Gasteiger charge is -2.33. The minimum Gasteiger partial charge on any atom is -0.335 e. The highest BCUT2D eigenvalue weighted by molar-refractivity contribution is 7.09. The van der Waals surface area contributed by atoms with Crippen molar-refractivity contribution >= 4 is 16.7 Å². The topological polar surface area (TPSA) is 59.7 Å². The Kier molecular flexibility index (Phi) is 4.16. The van der Waals surface area contributed by atoms with Gasteiger partial charge in [-0.15, -0.1) is 10.2 Å². The molecule has 22 heavy (non-hydrogen) atoms. The lowest BCUT2D eigenvalue weighted by Crippen LogP contribution is -2.37. The zero-order valence-electron chi connectivity index (χ0n) is 13.9. The number of anilines is 1. The van der Waals surface area contributed by atoms with E-state index in [4.69, 9.17) is 4.98 Å². The van der Waals surface area contributed by atoms with Gasteiger partial charge in [0.1, 0.15) is 11.6 Å².